The fourth-order valence-electron chi connectivity index (χ4n) is 0. The minimum Gasteiger partial charge on any atom is -0.120 e. The van der Waals surface area contributed by atoms with Gasteiger partial charge in [-0.3, -0.25) is 0 Å². The van der Waals surface area contributed by atoms with E-state index in [0.29, 0.717) is 0 Å². The number of hydrogen-bond acceptors (Lipinski definition) is 1. The predicted octanol–water partition coefficient (Wildman–Crippen LogP) is 1.60. The van der Waals surface area contributed by atoms with Crippen LogP contribution < -0.4 is 0 Å². The van der Waals surface area contributed by atoms with Crippen LogP contribution in [-0.2, 0) is 0 Å². The van der Waals surface area contributed by atoms with E-state index >= 15 is 0 Å². The highest BCUT2D eigenvalue weighted by Crippen LogP contribution is 1.94. The summed E-state index contributed by atoms with van der Waals surface area (Å²) in [6.07, 6.45) is 0. The lowest BCUT2D eigenvalue weighted by atomic mass is 11.0. The van der Waals surface area contributed by atoms with Crippen LogP contribution in [0.2, 0.25) is 0 Å². The Morgan fingerprint density at radius 1 is 2.00 bits per heavy atom. The van der Waals surface area contributed by atoms with Gasteiger partial charge in [-0.2, -0.15) is 0 Å². The van der Waals surface area contributed by atoms with Crippen molar-refractivity contribution in [3.63, 3.8) is 0 Å². The Balaban J connectivity index is 2.55. The van der Waals surface area contributed by atoms with Gasteiger partial charge in [0.2, 0.25) is 0 Å². The zero-order valence-electron chi connectivity index (χ0n) is 2.47. The molecule has 0 radical (unpaired) electrons. The van der Waals surface area contributed by atoms with Crippen LogP contribution in [0.25, 0.3) is 0 Å². The van der Waals surface area contributed by atoms with E-state index in [-0.39, 0.29) is 0 Å². The highest BCUT2D eigenvalue weighted by molar-refractivity contribution is 8.37. The van der Waals surface area contributed by atoms with Crippen LogP contribution in [0.4, 0.5) is 0 Å². The molecular formula is C2H5PS. The first kappa shape index (κ1) is 4.52. The summed E-state index contributed by atoms with van der Waals surface area (Å²) in [7, 11) is 1.07. The van der Waals surface area contributed by atoms with E-state index in [2.05, 4.69) is 12.2 Å². The third-order valence-electron chi connectivity index (χ3n) is 0.115. The summed E-state index contributed by atoms with van der Waals surface area (Å²) < 4.78 is 0. The summed E-state index contributed by atoms with van der Waals surface area (Å²) in [6.45, 7) is 1.97. The third kappa shape index (κ3) is 2.52. The fourth-order valence-corrected chi connectivity index (χ4v) is 0. The van der Waals surface area contributed by atoms with Crippen LogP contribution in [0.3, 0.4) is 0 Å². The fraction of sp³-hybridized carbons (Fsp3) is 0.500. The Labute approximate surface area is 33.2 Å². The molecule has 0 spiro atoms. The van der Waals surface area contributed by atoms with Gasteiger partial charge < -0.3 is 0 Å². The topological polar surface area (TPSA) is 0 Å². The van der Waals surface area contributed by atoms with Gasteiger partial charge in [0, 0.05) is 0 Å². The van der Waals surface area contributed by atoms with E-state index in [9.17, 15) is 0 Å². The standard InChI is InChI=1S/C2H5PS/c1-2-3-4/h2,4H,1H3. The molecule has 0 rings (SSSR count). The average Bonchev–Trinajstić information content (AvgIpc) is 1.37. The predicted molar refractivity (Wildman–Crippen MR) is 27.6 cm³/mol. The Bertz CT molecular complexity index is 21.2. The van der Waals surface area contributed by atoms with Gasteiger partial charge in [0.25, 0.3) is 0 Å². The summed E-state index contributed by atoms with van der Waals surface area (Å²) in [6, 6.07) is 0. The van der Waals surface area contributed by atoms with E-state index < -0.39 is 0 Å². The van der Waals surface area contributed by atoms with Crippen LogP contribution in [0.15, 0.2) is 0 Å². The SMILES string of the molecule is C/C=P/S. The molecule has 2 heteroatoms. The Morgan fingerprint density at radius 2 is 2.25 bits per heavy atom. The monoisotopic (exact) mass is 92.0 g/mol. The first-order valence-corrected chi connectivity index (χ1v) is 3.15. The summed E-state index contributed by atoms with van der Waals surface area (Å²) in [4.78, 5) is 0. The average molecular weight is 92.1 g/mol. The molecule has 0 fully saturated rings. The molecule has 0 aliphatic carbocycles. The van der Waals surface area contributed by atoms with Crippen molar-refractivity contribution >= 4 is 25.5 Å². The second-order valence-corrected chi connectivity index (χ2v) is 1.81. The second-order valence-electron chi connectivity index (χ2n) is 0.374. The minimum absolute atomic E-state index is 1.07. The van der Waals surface area contributed by atoms with E-state index in [1.807, 2.05) is 12.7 Å². The molecule has 0 heterocycles. The van der Waals surface area contributed by atoms with Crippen molar-refractivity contribution in [2.24, 2.45) is 0 Å². The van der Waals surface area contributed by atoms with Crippen molar-refractivity contribution in [3.05, 3.63) is 0 Å². The van der Waals surface area contributed by atoms with Crippen molar-refractivity contribution in [2.75, 3.05) is 0 Å². The molecule has 24 valence electrons. The largest absolute Gasteiger partial charge is 0.120 e. The van der Waals surface area contributed by atoms with Gasteiger partial charge in [-0.05, 0) is 14.3 Å². The Morgan fingerprint density at radius 3 is 2.25 bits per heavy atom. The maximum atomic E-state index is 3.84. The Hall–Kier alpha value is 0.520. The summed E-state index contributed by atoms with van der Waals surface area (Å²) in [5.74, 6) is 1.96. The first-order valence-electron chi connectivity index (χ1n) is 1.04. The molecule has 4 heavy (non-hydrogen) atoms. The maximum Gasteiger partial charge on any atom is -0.0418 e. The van der Waals surface area contributed by atoms with Gasteiger partial charge >= 0.3 is 0 Å². The highest BCUT2D eigenvalue weighted by atomic mass is 32.7. The smallest absolute Gasteiger partial charge is 0.0418 e. The third-order valence-corrected chi connectivity index (χ3v) is 1.04. The molecule has 0 nitrogen and oxygen atoms in total. The number of rotatable bonds is 0. The molecule has 0 aromatic rings. The van der Waals surface area contributed by atoms with Crippen molar-refractivity contribution in [1.29, 1.82) is 0 Å². The zero-order valence-corrected chi connectivity index (χ0v) is 4.26. The van der Waals surface area contributed by atoms with Gasteiger partial charge in [0.15, 0.2) is 0 Å². The van der Waals surface area contributed by atoms with Crippen LogP contribution in [0.5, 0.6) is 0 Å². The molecule has 0 aliphatic heterocycles. The van der Waals surface area contributed by atoms with E-state index in [1.165, 1.54) is 0 Å². The molecule has 0 bridgehead atoms. The number of thiol groups is 1. The molecule has 0 saturated carbocycles. The number of hydrogen-bond donors (Lipinski definition) is 1. The van der Waals surface area contributed by atoms with Crippen LogP contribution in [0.1, 0.15) is 6.92 Å². The molecular weight excluding hydrogens is 87.1 g/mol. The maximum absolute atomic E-state index is 3.84. The van der Waals surface area contributed by atoms with Gasteiger partial charge in [-0.15, -0.1) is 12.2 Å². The molecule has 0 aromatic heterocycles. The van der Waals surface area contributed by atoms with Crippen molar-refractivity contribution in [1.82, 2.24) is 0 Å². The summed E-state index contributed by atoms with van der Waals surface area (Å²) in [5, 5.41) is 0. The van der Waals surface area contributed by atoms with E-state index in [1.54, 1.807) is 0 Å². The molecule has 0 aliphatic rings. The zero-order chi connectivity index (χ0) is 3.41. The van der Waals surface area contributed by atoms with Gasteiger partial charge in [0.05, 0.1) is 0 Å². The van der Waals surface area contributed by atoms with E-state index in [4.69, 9.17) is 0 Å². The molecule has 0 unspecified atom stereocenters. The molecule has 0 aromatic carbocycles. The minimum atomic E-state index is 1.07. The quantitative estimate of drug-likeness (QED) is 0.340. The van der Waals surface area contributed by atoms with Crippen LogP contribution in [0, 0.1) is 0 Å². The molecule has 0 N–H and O–H groups in total. The molecule has 0 atom stereocenters. The molecule has 0 saturated heterocycles. The van der Waals surface area contributed by atoms with Crippen LogP contribution >= 0.6 is 19.7 Å². The van der Waals surface area contributed by atoms with Crippen molar-refractivity contribution in [2.45, 2.75) is 6.92 Å². The van der Waals surface area contributed by atoms with Crippen molar-refractivity contribution < 1.29 is 0 Å². The molecule has 0 amide bonds. The van der Waals surface area contributed by atoms with Crippen LogP contribution in [-0.4, -0.2) is 5.80 Å². The normalized spacial score (nSPS) is 9.50. The first-order chi connectivity index (χ1) is 1.91. The highest BCUT2D eigenvalue weighted by Gasteiger charge is 1.36. The lowest BCUT2D eigenvalue weighted by Crippen LogP contribution is -1.28. The van der Waals surface area contributed by atoms with E-state index in [0.717, 1.165) is 7.41 Å². The lowest BCUT2D eigenvalue weighted by Gasteiger charge is -1.47. The van der Waals surface area contributed by atoms with Gasteiger partial charge in [-0.25, -0.2) is 0 Å². The second kappa shape index (κ2) is 3.52. The Kier molecular flexibility index (Phi) is 3.98. The van der Waals surface area contributed by atoms with Crippen molar-refractivity contribution in [3.8, 4) is 0 Å². The van der Waals surface area contributed by atoms with Gasteiger partial charge in [0.1, 0.15) is 0 Å². The summed E-state index contributed by atoms with van der Waals surface area (Å²) >= 11 is 3.84. The van der Waals surface area contributed by atoms with Gasteiger partial charge in [-0.1, -0.05) is 5.80 Å². The summed E-state index contributed by atoms with van der Waals surface area (Å²) in [5.41, 5.74) is 0. The lowest BCUT2D eigenvalue weighted by molar-refractivity contribution is 2.14.